The molecule has 0 spiro atoms. The van der Waals surface area contributed by atoms with Gasteiger partial charge in [-0.25, -0.2) is 8.42 Å². The molecule has 3 aromatic rings. The first kappa shape index (κ1) is 22.7. The molecule has 0 aliphatic heterocycles. The fourth-order valence-electron chi connectivity index (χ4n) is 2.95. The zero-order chi connectivity index (χ0) is 22.3. The van der Waals surface area contributed by atoms with Crippen molar-refractivity contribution in [2.45, 2.75) is 23.9 Å². The van der Waals surface area contributed by atoms with Crippen molar-refractivity contribution in [2.75, 3.05) is 7.11 Å². The van der Waals surface area contributed by atoms with E-state index >= 15 is 0 Å². The maximum absolute atomic E-state index is 13.1. The predicted octanol–water partition coefficient (Wildman–Crippen LogP) is 2.95. The third-order valence-corrected chi connectivity index (χ3v) is 6.21. The first-order chi connectivity index (χ1) is 14.9. The van der Waals surface area contributed by atoms with Gasteiger partial charge < -0.3 is 10.1 Å². The average molecular weight is 460 g/mol. The molecule has 1 atom stereocenters. The molecule has 162 valence electrons. The van der Waals surface area contributed by atoms with Gasteiger partial charge in [-0.3, -0.25) is 9.78 Å². The lowest BCUT2D eigenvalue weighted by molar-refractivity contribution is -0.122. The molecule has 0 aliphatic carbocycles. The molecule has 1 heterocycles. The summed E-state index contributed by atoms with van der Waals surface area (Å²) in [5.74, 6) is -0.344. The summed E-state index contributed by atoms with van der Waals surface area (Å²) in [7, 11) is -2.74. The van der Waals surface area contributed by atoms with Crippen LogP contribution in [0, 0.1) is 0 Å². The Labute approximate surface area is 186 Å². The first-order valence-corrected chi connectivity index (χ1v) is 11.3. The number of pyridine rings is 1. The largest absolute Gasteiger partial charge is 0.495 e. The van der Waals surface area contributed by atoms with Gasteiger partial charge in [-0.2, -0.15) is 4.72 Å². The Morgan fingerprint density at radius 2 is 1.84 bits per heavy atom. The molecule has 1 amide bonds. The molecule has 0 fully saturated rings. The number of carbonyl (C=O) groups is 1. The molecule has 3 rings (SSSR count). The van der Waals surface area contributed by atoms with Crippen LogP contribution in [0.4, 0.5) is 0 Å². The van der Waals surface area contributed by atoms with Gasteiger partial charge in [-0.15, -0.1) is 0 Å². The lowest BCUT2D eigenvalue weighted by Gasteiger charge is -2.19. The van der Waals surface area contributed by atoms with E-state index in [0.29, 0.717) is 5.69 Å². The monoisotopic (exact) mass is 459 g/mol. The number of nitrogens with one attached hydrogen (secondary N) is 2. The van der Waals surface area contributed by atoms with Crippen LogP contribution in [0.1, 0.15) is 11.3 Å². The number of halogens is 1. The van der Waals surface area contributed by atoms with Crippen LogP contribution in [-0.2, 0) is 27.8 Å². The van der Waals surface area contributed by atoms with Crippen LogP contribution < -0.4 is 14.8 Å². The van der Waals surface area contributed by atoms with E-state index in [-0.39, 0.29) is 28.6 Å². The lowest BCUT2D eigenvalue weighted by atomic mass is 10.1. The van der Waals surface area contributed by atoms with Gasteiger partial charge in [0.25, 0.3) is 0 Å². The van der Waals surface area contributed by atoms with E-state index in [2.05, 4.69) is 15.0 Å². The van der Waals surface area contributed by atoms with Crippen LogP contribution in [0.2, 0.25) is 5.02 Å². The summed E-state index contributed by atoms with van der Waals surface area (Å²) >= 11 is 5.99. The van der Waals surface area contributed by atoms with Crippen molar-refractivity contribution in [3.05, 3.63) is 89.2 Å². The molecule has 0 bridgehead atoms. The van der Waals surface area contributed by atoms with E-state index in [0.717, 1.165) is 5.56 Å². The lowest BCUT2D eigenvalue weighted by Crippen LogP contribution is -2.47. The van der Waals surface area contributed by atoms with Crippen molar-refractivity contribution >= 4 is 27.5 Å². The van der Waals surface area contributed by atoms with Crippen molar-refractivity contribution in [3.8, 4) is 5.75 Å². The molecular formula is C22H22ClN3O4S. The fourth-order valence-corrected chi connectivity index (χ4v) is 4.58. The molecule has 0 saturated carbocycles. The number of nitrogens with zero attached hydrogens (tertiary/aromatic N) is 1. The zero-order valence-electron chi connectivity index (χ0n) is 16.8. The minimum absolute atomic E-state index is 0.129. The van der Waals surface area contributed by atoms with Crippen LogP contribution in [0.15, 0.2) is 77.8 Å². The van der Waals surface area contributed by atoms with E-state index in [1.54, 1.807) is 18.3 Å². The number of hydrogen-bond donors (Lipinski definition) is 2. The zero-order valence-corrected chi connectivity index (χ0v) is 18.4. The summed E-state index contributed by atoms with van der Waals surface area (Å²) < 4.78 is 33.9. The fraction of sp³-hybridized carbons (Fsp3) is 0.182. The number of benzene rings is 2. The number of rotatable bonds is 9. The quantitative estimate of drug-likeness (QED) is 0.512. The molecule has 0 radical (unpaired) electrons. The van der Waals surface area contributed by atoms with Crippen LogP contribution in [0.3, 0.4) is 0 Å². The number of ether oxygens (including phenoxy) is 1. The maximum Gasteiger partial charge on any atom is 0.245 e. The van der Waals surface area contributed by atoms with Gasteiger partial charge >= 0.3 is 0 Å². The smallest absolute Gasteiger partial charge is 0.245 e. The maximum atomic E-state index is 13.1. The van der Waals surface area contributed by atoms with Gasteiger partial charge in [0.15, 0.2) is 0 Å². The Hall–Kier alpha value is -2.94. The number of hydrogen-bond acceptors (Lipinski definition) is 5. The summed E-state index contributed by atoms with van der Waals surface area (Å²) in [6, 6.07) is 17.7. The van der Waals surface area contributed by atoms with Crippen LogP contribution in [0.5, 0.6) is 5.75 Å². The highest BCUT2D eigenvalue weighted by Crippen LogP contribution is 2.27. The van der Waals surface area contributed by atoms with Crippen molar-refractivity contribution in [2.24, 2.45) is 0 Å². The molecule has 9 heteroatoms. The molecule has 31 heavy (non-hydrogen) atoms. The Morgan fingerprint density at radius 3 is 2.52 bits per heavy atom. The van der Waals surface area contributed by atoms with E-state index in [1.807, 2.05) is 36.4 Å². The van der Waals surface area contributed by atoms with E-state index < -0.39 is 22.0 Å². The molecule has 1 aromatic heterocycles. The highest BCUT2D eigenvalue weighted by molar-refractivity contribution is 7.89. The summed E-state index contributed by atoms with van der Waals surface area (Å²) in [5.41, 5.74) is 1.47. The van der Waals surface area contributed by atoms with Gasteiger partial charge in [0.05, 0.1) is 19.3 Å². The van der Waals surface area contributed by atoms with Gasteiger partial charge in [0.2, 0.25) is 15.9 Å². The molecule has 7 nitrogen and oxygen atoms in total. The minimum Gasteiger partial charge on any atom is -0.495 e. The summed E-state index contributed by atoms with van der Waals surface area (Å²) in [4.78, 5) is 17.0. The van der Waals surface area contributed by atoms with Gasteiger partial charge in [-0.05, 0) is 42.3 Å². The number of amides is 1. The summed E-state index contributed by atoms with van der Waals surface area (Å²) in [6.07, 6.45) is 1.79. The molecular weight excluding hydrogens is 438 g/mol. The molecule has 0 aliphatic rings. The predicted molar refractivity (Wildman–Crippen MR) is 118 cm³/mol. The summed E-state index contributed by atoms with van der Waals surface area (Å²) in [5, 5.41) is 2.98. The van der Waals surface area contributed by atoms with E-state index in [4.69, 9.17) is 16.3 Å². The molecule has 1 unspecified atom stereocenters. The Morgan fingerprint density at radius 1 is 1.10 bits per heavy atom. The molecule has 0 saturated heterocycles. The number of aromatic nitrogens is 1. The standard InChI is InChI=1S/C22H22ClN3O4S/c1-30-20-11-10-17(23)14-21(20)31(28,29)26-19(13-16-7-3-2-4-8-16)22(27)25-15-18-9-5-6-12-24-18/h2-12,14,19,26H,13,15H2,1H3,(H,25,27). The number of carbonyl (C=O) groups excluding carboxylic acids is 1. The number of methoxy groups -OCH3 is 1. The Balaban J connectivity index is 1.85. The molecule has 2 N–H and O–H groups in total. The van der Waals surface area contributed by atoms with Gasteiger partial charge in [-0.1, -0.05) is 48.0 Å². The van der Waals surface area contributed by atoms with Crippen molar-refractivity contribution in [3.63, 3.8) is 0 Å². The van der Waals surface area contributed by atoms with Crippen molar-refractivity contribution in [1.82, 2.24) is 15.0 Å². The van der Waals surface area contributed by atoms with E-state index in [1.165, 1.54) is 25.3 Å². The van der Waals surface area contributed by atoms with Crippen molar-refractivity contribution < 1.29 is 17.9 Å². The minimum atomic E-state index is -4.11. The normalized spacial score (nSPS) is 12.2. The van der Waals surface area contributed by atoms with Gasteiger partial charge in [0.1, 0.15) is 16.7 Å². The van der Waals surface area contributed by atoms with Gasteiger partial charge in [0, 0.05) is 11.2 Å². The number of sulfonamides is 1. The Bertz CT molecular complexity index is 1130. The second kappa shape index (κ2) is 10.4. The SMILES string of the molecule is COc1ccc(Cl)cc1S(=O)(=O)NC(Cc1ccccc1)C(=O)NCc1ccccn1. The third kappa shape index (κ3) is 6.27. The summed E-state index contributed by atoms with van der Waals surface area (Å²) in [6.45, 7) is 0.174. The topological polar surface area (TPSA) is 97.4 Å². The van der Waals surface area contributed by atoms with E-state index in [9.17, 15) is 13.2 Å². The highest BCUT2D eigenvalue weighted by atomic mass is 35.5. The first-order valence-electron chi connectivity index (χ1n) is 9.46. The second-order valence-electron chi connectivity index (χ2n) is 6.70. The third-order valence-electron chi connectivity index (χ3n) is 4.48. The average Bonchev–Trinajstić information content (AvgIpc) is 2.78. The molecule has 2 aromatic carbocycles. The van der Waals surface area contributed by atoms with Crippen molar-refractivity contribution in [1.29, 1.82) is 0 Å². The highest BCUT2D eigenvalue weighted by Gasteiger charge is 2.28. The van der Waals surface area contributed by atoms with Crippen LogP contribution in [0.25, 0.3) is 0 Å². The van der Waals surface area contributed by atoms with Crippen LogP contribution in [-0.4, -0.2) is 32.5 Å². The van der Waals surface area contributed by atoms with Crippen LogP contribution >= 0.6 is 11.6 Å². The Kier molecular flexibility index (Phi) is 7.62. The second-order valence-corrected chi connectivity index (χ2v) is 8.82.